The van der Waals surface area contributed by atoms with E-state index in [0.717, 1.165) is 22.1 Å². The van der Waals surface area contributed by atoms with Crippen LogP contribution >= 0.6 is 27.3 Å². The highest BCUT2D eigenvalue weighted by Gasteiger charge is 2.23. The molecule has 0 aromatic carbocycles. The molecule has 1 aromatic rings. The van der Waals surface area contributed by atoms with Crippen molar-refractivity contribution in [1.29, 1.82) is 0 Å². The molecular weight excluding hydrogens is 276 g/mol. The topological polar surface area (TPSA) is 32.3 Å². The number of anilines is 1. The third-order valence-corrected chi connectivity index (χ3v) is 4.20. The number of rotatable bonds is 2. The first-order chi connectivity index (χ1) is 7.16. The van der Waals surface area contributed by atoms with Gasteiger partial charge in [-0.05, 0) is 42.9 Å². The fourth-order valence-corrected chi connectivity index (χ4v) is 3.00. The molecule has 1 aromatic heterocycles. The Morgan fingerprint density at radius 3 is 2.87 bits per heavy atom. The van der Waals surface area contributed by atoms with Gasteiger partial charge < -0.3 is 9.80 Å². The van der Waals surface area contributed by atoms with Crippen LogP contribution in [0.2, 0.25) is 0 Å². The highest BCUT2D eigenvalue weighted by Crippen LogP contribution is 2.27. The molecule has 1 unspecified atom stereocenters. The third-order valence-electron chi connectivity index (χ3n) is 2.79. The fraction of sp³-hybridized carbons (Fsp3) is 0.778. The summed E-state index contributed by atoms with van der Waals surface area (Å²) in [6.45, 7) is 2.17. The van der Waals surface area contributed by atoms with E-state index in [4.69, 9.17) is 0 Å². The monoisotopic (exact) mass is 290 g/mol. The van der Waals surface area contributed by atoms with E-state index < -0.39 is 0 Å². The zero-order valence-corrected chi connectivity index (χ0v) is 11.4. The molecular formula is C9H15BrN4S. The molecule has 0 N–H and O–H groups in total. The Morgan fingerprint density at radius 1 is 1.47 bits per heavy atom. The van der Waals surface area contributed by atoms with Crippen LogP contribution in [0.4, 0.5) is 5.13 Å². The minimum Gasteiger partial charge on any atom is -0.345 e. The van der Waals surface area contributed by atoms with Crippen molar-refractivity contribution in [2.45, 2.75) is 18.9 Å². The second-order valence-corrected chi connectivity index (χ2v) is 6.28. The van der Waals surface area contributed by atoms with Crippen molar-refractivity contribution in [1.82, 2.24) is 15.1 Å². The number of halogens is 1. The van der Waals surface area contributed by atoms with E-state index in [0.29, 0.717) is 6.04 Å². The van der Waals surface area contributed by atoms with Crippen LogP contribution in [-0.4, -0.2) is 48.3 Å². The van der Waals surface area contributed by atoms with E-state index in [1.165, 1.54) is 12.8 Å². The molecule has 1 aliphatic heterocycles. The molecule has 1 fully saturated rings. The molecule has 0 radical (unpaired) electrons. The summed E-state index contributed by atoms with van der Waals surface area (Å²) in [6.07, 6.45) is 2.52. The lowest BCUT2D eigenvalue weighted by Gasteiger charge is -2.35. The molecule has 1 atom stereocenters. The number of hydrogen-bond acceptors (Lipinski definition) is 5. The Morgan fingerprint density at radius 2 is 2.27 bits per heavy atom. The first-order valence-electron chi connectivity index (χ1n) is 5.07. The van der Waals surface area contributed by atoms with E-state index in [-0.39, 0.29) is 0 Å². The first kappa shape index (κ1) is 11.3. The van der Waals surface area contributed by atoms with Gasteiger partial charge in [-0.3, -0.25) is 0 Å². The van der Waals surface area contributed by atoms with Gasteiger partial charge in [0.15, 0.2) is 3.92 Å². The number of nitrogens with zero attached hydrogens (tertiary/aromatic N) is 4. The molecule has 6 heteroatoms. The average Bonchev–Trinajstić information content (AvgIpc) is 2.65. The summed E-state index contributed by atoms with van der Waals surface area (Å²) in [6, 6.07) is 0.640. The van der Waals surface area contributed by atoms with Gasteiger partial charge in [-0.2, -0.15) is 0 Å². The molecule has 1 saturated heterocycles. The lowest BCUT2D eigenvalue weighted by atomic mass is 10.1. The zero-order valence-electron chi connectivity index (χ0n) is 8.98. The van der Waals surface area contributed by atoms with E-state index in [1.807, 2.05) is 0 Å². The van der Waals surface area contributed by atoms with Gasteiger partial charge in [0.1, 0.15) is 0 Å². The second kappa shape index (κ2) is 4.76. The second-order valence-electron chi connectivity index (χ2n) is 4.04. The van der Waals surface area contributed by atoms with Crippen LogP contribution < -0.4 is 4.90 Å². The lowest BCUT2D eigenvalue weighted by Crippen LogP contribution is -2.45. The number of aromatic nitrogens is 2. The van der Waals surface area contributed by atoms with E-state index >= 15 is 0 Å². The summed E-state index contributed by atoms with van der Waals surface area (Å²) in [5, 5.41) is 9.19. The quantitative estimate of drug-likeness (QED) is 0.832. The summed E-state index contributed by atoms with van der Waals surface area (Å²) in [7, 11) is 4.29. The molecule has 2 heterocycles. The summed E-state index contributed by atoms with van der Waals surface area (Å²) in [5.74, 6) is 0. The molecule has 15 heavy (non-hydrogen) atoms. The standard InChI is InChI=1S/C9H15BrN4S/c1-13(2)7-4-3-5-14(6-7)9-12-11-8(10)15-9/h7H,3-6H2,1-2H3. The summed E-state index contributed by atoms with van der Waals surface area (Å²) >= 11 is 4.96. The van der Waals surface area contributed by atoms with Gasteiger partial charge in [0.25, 0.3) is 0 Å². The predicted molar refractivity (Wildman–Crippen MR) is 66.5 cm³/mol. The number of hydrogen-bond donors (Lipinski definition) is 0. The van der Waals surface area contributed by atoms with Crippen molar-refractivity contribution in [3.63, 3.8) is 0 Å². The largest absolute Gasteiger partial charge is 0.345 e. The van der Waals surface area contributed by atoms with Gasteiger partial charge in [-0.25, -0.2) is 0 Å². The Kier molecular flexibility index (Phi) is 3.58. The van der Waals surface area contributed by atoms with Crippen LogP contribution in [0.1, 0.15) is 12.8 Å². The van der Waals surface area contributed by atoms with Crippen LogP contribution in [0.25, 0.3) is 0 Å². The highest BCUT2D eigenvalue weighted by molar-refractivity contribution is 9.11. The van der Waals surface area contributed by atoms with E-state index in [1.54, 1.807) is 11.3 Å². The van der Waals surface area contributed by atoms with Crippen molar-refractivity contribution < 1.29 is 0 Å². The molecule has 2 rings (SSSR count). The molecule has 1 aliphatic rings. The Bertz CT molecular complexity index is 328. The van der Waals surface area contributed by atoms with Crippen molar-refractivity contribution in [3.8, 4) is 0 Å². The molecule has 4 nitrogen and oxygen atoms in total. The number of likely N-dealkylation sites (N-methyl/N-ethyl adjacent to an activating group) is 1. The Hall–Kier alpha value is -0.200. The van der Waals surface area contributed by atoms with Gasteiger partial charge in [-0.15, -0.1) is 10.2 Å². The van der Waals surface area contributed by atoms with Crippen LogP contribution in [0, 0.1) is 0 Å². The number of piperidine rings is 1. The molecule has 84 valence electrons. The summed E-state index contributed by atoms with van der Waals surface area (Å²) < 4.78 is 0.865. The Balaban J connectivity index is 2.04. The van der Waals surface area contributed by atoms with Crippen molar-refractivity contribution in [2.24, 2.45) is 0 Å². The fourth-order valence-electron chi connectivity index (χ4n) is 1.88. The summed E-state index contributed by atoms with van der Waals surface area (Å²) in [5.41, 5.74) is 0. The molecule has 0 bridgehead atoms. The van der Waals surface area contributed by atoms with Crippen LogP contribution in [0.5, 0.6) is 0 Å². The maximum Gasteiger partial charge on any atom is 0.209 e. The van der Waals surface area contributed by atoms with Crippen LogP contribution in [-0.2, 0) is 0 Å². The van der Waals surface area contributed by atoms with Crippen LogP contribution in [0.3, 0.4) is 0 Å². The smallest absolute Gasteiger partial charge is 0.209 e. The zero-order chi connectivity index (χ0) is 10.8. The van der Waals surface area contributed by atoms with E-state index in [2.05, 4.69) is 50.0 Å². The Labute approximate surface area is 102 Å². The van der Waals surface area contributed by atoms with Crippen LogP contribution in [0.15, 0.2) is 3.92 Å². The highest BCUT2D eigenvalue weighted by atomic mass is 79.9. The third kappa shape index (κ3) is 2.68. The molecule has 0 saturated carbocycles. The van der Waals surface area contributed by atoms with Gasteiger partial charge in [-0.1, -0.05) is 11.3 Å². The van der Waals surface area contributed by atoms with Gasteiger partial charge in [0, 0.05) is 19.1 Å². The van der Waals surface area contributed by atoms with Gasteiger partial charge >= 0.3 is 0 Å². The van der Waals surface area contributed by atoms with E-state index in [9.17, 15) is 0 Å². The van der Waals surface area contributed by atoms with Crippen molar-refractivity contribution >= 4 is 32.4 Å². The minimum absolute atomic E-state index is 0.640. The van der Waals surface area contributed by atoms with Crippen molar-refractivity contribution in [2.75, 3.05) is 32.1 Å². The average molecular weight is 291 g/mol. The maximum atomic E-state index is 4.16. The lowest BCUT2D eigenvalue weighted by molar-refractivity contribution is 0.258. The summed E-state index contributed by atoms with van der Waals surface area (Å²) in [4.78, 5) is 4.62. The van der Waals surface area contributed by atoms with Gasteiger partial charge in [0.05, 0.1) is 0 Å². The van der Waals surface area contributed by atoms with Gasteiger partial charge in [0.2, 0.25) is 5.13 Å². The normalized spacial score (nSPS) is 22.4. The SMILES string of the molecule is CN(C)C1CCCN(c2nnc(Br)s2)C1. The van der Waals surface area contributed by atoms with Crippen molar-refractivity contribution in [3.05, 3.63) is 3.92 Å². The molecule has 0 amide bonds. The first-order valence-corrected chi connectivity index (χ1v) is 6.68. The minimum atomic E-state index is 0.640. The predicted octanol–water partition coefficient (Wildman–Crippen LogP) is 1.83. The molecule has 0 spiro atoms. The molecule has 0 aliphatic carbocycles. The maximum absolute atomic E-state index is 4.16.